The van der Waals surface area contributed by atoms with Gasteiger partial charge in [-0.25, -0.2) is 0 Å². The van der Waals surface area contributed by atoms with Crippen LogP contribution in [0.15, 0.2) is 46.6 Å². The first-order valence-electron chi connectivity index (χ1n) is 7.12. The molecule has 1 aromatic carbocycles. The molecule has 1 fully saturated rings. The molecule has 0 amide bonds. The molecule has 0 bridgehead atoms. The summed E-state index contributed by atoms with van der Waals surface area (Å²) >= 11 is 7.54. The predicted molar refractivity (Wildman–Crippen MR) is 97.1 cm³/mol. The van der Waals surface area contributed by atoms with E-state index < -0.39 is 5.54 Å². The highest BCUT2D eigenvalue weighted by Gasteiger charge is 2.38. The number of nitriles is 1. The predicted octanol–water partition coefficient (Wildman–Crippen LogP) is 3.65. The molecule has 2 heterocycles. The Morgan fingerprint density at radius 3 is 2.91 bits per heavy atom. The minimum absolute atomic E-state index is 0.561. The molecule has 7 heteroatoms. The number of benzene rings is 1. The van der Waals surface area contributed by atoms with E-state index in [0.29, 0.717) is 18.0 Å². The van der Waals surface area contributed by atoms with Gasteiger partial charge in [0.1, 0.15) is 17.5 Å². The lowest BCUT2D eigenvalue weighted by molar-refractivity contribution is 0.632. The maximum atomic E-state index is 9.56. The van der Waals surface area contributed by atoms with Gasteiger partial charge in [0.15, 0.2) is 5.54 Å². The van der Waals surface area contributed by atoms with Gasteiger partial charge < -0.3 is 9.76 Å². The third-order valence-electron chi connectivity index (χ3n) is 3.81. The van der Waals surface area contributed by atoms with Crippen molar-refractivity contribution in [3.8, 4) is 6.07 Å². The van der Waals surface area contributed by atoms with Gasteiger partial charge in [-0.2, -0.15) is 5.26 Å². The monoisotopic (exact) mass is 348 g/mol. The second kappa shape index (κ2) is 6.45. The lowest BCUT2D eigenvalue weighted by Crippen LogP contribution is -2.35. The minimum Gasteiger partial charge on any atom is -0.323 e. The van der Waals surface area contributed by atoms with Gasteiger partial charge in [-0.15, -0.1) is 0 Å². The van der Waals surface area contributed by atoms with Crippen LogP contribution in [0, 0.1) is 11.3 Å². The van der Waals surface area contributed by atoms with Crippen LogP contribution in [0.1, 0.15) is 18.4 Å². The standard InChI is InChI=1S/C15H17N4PS2/c1-22-20(21)18-15(17-11-12-6-3-2-4-7-12)13(10-16)14-8-5-9-19(14)20/h2-4,6-7H,5,8-9,11H2,1H3,(H,17,18,21)/t20-/m0/s1. The van der Waals surface area contributed by atoms with Crippen molar-refractivity contribution in [3.05, 3.63) is 47.2 Å². The Morgan fingerprint density at radius 2 is 2.23 bits per heavy atom. The zero-order valence-corrected chi connectivity index (χ0v) is 14.8. The Balaban J connectivity index is 1.98. The van der Waals surface area contributed by atoms with Crippen LogP contribution in [0.2, 0.25) is 0 Å². The molecule has 0 radical (unpaired) electrons. The first kappa shape index (κ1) is 15.6. The molecule has 0 unspecified atom stereocenters. The Morgan fingerprint density at radius 1 is 1.45 bits per heavy atom. The van der Waals surface area contributed by atoms with Crippen molar-refractivity contribution >= 4 is 34.6 Å². The maximum absolute atomic E-state index is 9.56. The Hall–Kier alpha value is -1.28. The van der Waals surface area contributed by atoms with Crippen LogP contribution < -0.4 is 5.09 Å². The van der Waals surface area contributed by atoms with Crippen molar-refractivity contribution in [1.82, 2.24) is 9.76 Å². The second-order valence-corrected chi connectivity index (χ2v) is 12.2. The summed E-state index contributed by atoms with van der Waals surface area (Å²) in [6.45, 7) is 1.50. The number of aliphatic imine (C=N–C) groups is 1. The smallest absolute Gasteiger partial charge is 0.178 e. The van der Waals surface area contributed by atoms with Gasteiger partial charge in [-0.05, 0) is 36.5 Å². The van der Waals surface area contributed by atoms with E-state index in [9.17, 15) is 5.26 Å². The van der Waals surface area contributed by atoms with Crippen LogP contribution in [-0.2, 0) is 18.4 Å². The number of nitrogens with zero attached hydrogens (tertiary/aromatic N) is 3. The lowest BCUT2D eigenvalue weighted by Gasteiger charge is -2.38. The van der Waals surface area contributed by atoms with E-state index in [-0.39, 0.29) is 0 Å². The minimum atomic E-state index is -1.93. The summed E-state index contributed by atoms with van der Waals surface area (Å²) in [7, 11) is 0. The Kier molecular flexibility index (Phi) is 4.58. The summed E-state index contributed by atoms with van der Waals surface area (Å²) in [5.74, 6) is 0.678. The van der Waals surface area contributed by atoms with Crippen LogP contribution >= 0.6 is 16.9 Å². The molecule has 2 aliphatic heterocycles. The van der Waals surface area contributed by atoms with Crippen molar-refractivity contribution in [1.29, 1.82) is 5.26 Å². The van der Waals surface area contributed by atoms with Gasteiger partial charge in [-0.3, -0.25) is 4.99 Å². The molecule has 0 spiro atoms. The largest absolute Gasteiger partial charge is 0.323 e. The number of hydrogen-bond donors (Lipinski definition) is 1. The van der Waals surface area contributed by atoms with Crippen LogP contribution in [0.4, 0.5) is 0 Å². The second-order valence-electron chi connectivity index (χ2n) is 5.13. The Bertz CT molecular complexity index is 721. The molecule has 0 aliphatic carbocycles. The van der Waals surface area contributed by atoms with Gasteiger partial charge in [0, 0.05) is 12.2 Å². The molecule has 114 valence electrons. The van der Waals surface area contributed by atoms with Gasteiger partial charge in [0.2, 0.25) is 0 Å². The first-order chi connectivity index (χ1) is 10.7. The van der Waals surface area contributed by atoms with Gasteiger partial charge in [-0.1, -0.05) is 41.7 Å². The SMILES string of the molecule is CS[P@@]1(=S)NC(=NCc2ccccc2)C(C#N)=C2CCCN21. The number of rotatable bonds is 3. The highest BCUT2D eigenvalue weighted by atomic mass is 32.9. The third kappa shape index (κ3) is 2.81. The molecule has 22 heavy (non-hydrogen) atoms. The van der Waals surface area contributed by atoms with Crippen LogP contribution in [0.3, 0.4) is 0 Å². The van der Waals surface area contributed by atoms with Crippen molar-refractivity contribution < 1.29 is 0 Å². The molecule has 1 saturated heterocycles. The van der Waals surface area contributed by atoms with Crippen molar-refractivity contribution in [2.45, 2.75) is 19.4 Å². The van der Waals surface area contributed by atoms with Gasteiger partial charge >= 0.3 is 0 Å². The van der Waals surface area contributed by atoms with Crippen molar-refractivity contribution in [3.63, 3.8) is 0 Å². The lowest BCUT2D eigenvalue weighted by atomic mass is 10.1. The number of amidine groups is 1. The zero-order valence-electron chi connectivity index (χ0n) is 12.3. The molecule has 1 aromatic rings. The molecular formula is C15H17N4PS2. The molecule has 3 rings (SSSR count). The normalized spacial score (nSPS) is 25.8. The molecule has 1 atom stereocenters. The summed E-state index contributed by atoms with van der Waals surface area (Å²) in [6, 6.07) is 12.4. The molecule has 1 N–H and O–H groups in total. The number of hydrogen-bond acceptors (Lipinski definition) is 4. The fourth-order valence-corrected chi connectivity index (χ4v) is 6.97. The molecule has 0 saturated carbocycles. The van der Waals surface area contributed by atoms with Crippen molar-refractivity contribution in [2.75, 3.05) is 12.8 Å². The van der Waals surface area contributed by atoms with Crippen molar-refractivity contribution in [2.24, 2.45) is 4.99 Å². The summed E-state index contributed by atoms with van der Waals surface area (Å²) in [6.07, 6.45) is 4.02. The van der Waals surface area contributed by atoms with E-state index >= 15 is 0 Å². The molecule has 2 aliphatic rings. The average molecular weight is 348 g/mol. The number of nitrogens with one attached hydrogen (secondary N) is 1. The van der Waals surface area contributed by atoms with E-state index in [1.165, 1.54) is 0 Å². The Labute approximate surface area is 140 Å². The van der Waals surface area contributed by atoms with E-state index in [2.05, 4.69) is 20.8 Å². The van der Waals surface area contributed by atoms with Crippen LogP contribution in [-0.4, -0.2) is 23.3 Å². The van der Waals surface area contributed by atoms with E-state index in [1.807, 2.05) is 36.6 Å². The summed E-state index contributed by atoms with van der Waals surface area (Å²) in [5, 5.41) is 13.0. The maximum Gasteiger partial charge on any atom is 0.178 e. The quantitative estimate of drug-likeness (QED) is 0.845. The third-order valence-corrected chi connectivity index (χ3v) is 10.4. The fourth-order valence-electron chi connectivity index (χ4n) is 2.72. The summed E-state index contributed by atoms with van der Waals surface area (Å²) in [4.78, 5) is 4.66. The van der Waals surface area contributed by atoms with E-state index in [0.717, 1.165) is 30.6 Å². The van der Waals surface area contributed by atoms with Crippen LogP contribution in [0.5, 0.6) is 0 Å². The molecular weight excluding hydrogens is 331 g/mol. The number of allylic oxidation sites excluding steroid dienone is 1. The van der Waals surface area contributed by atoms with Gasteiger partial charge in [0.25, 0.3) is 0 Å². The highest BCUT2D eigenvalue weighted by molar-refractivity contribution is 8.69. The average Bonchev–Trinajstić information content (AvgIpc) is 3.04. The van der Waals surface area contributed by atoms with Crippen LogP contribution in [0.25, 0.3) is 0 Å². The highest BCUT2D eigenvalue weighted by Crippen LogP contribution is 2.63. The molecule has 0 aromatic heterocycles. The van der Waals surface area contributed by atoms with E-state index in [1.54, 1.807) is 11.4 Å². The zero-order chi connectivity index (χ0) is 15.6. The topological polar surface area (TPSA) is 51.4 Å². The fraction of sp³-hybridized carbons (Fsp3) is 0.333. The summed E-state index contributed by atoms with van der Waals surface area (Å²) in [5.41, 5.74) is 0.956. The summed E-state index contributed by atoms with van der Waals surface area (Å²) < 4.78 is 2.24. The van der Waals surface area contributed by atoms with Gasteiger partial charge in [0.05, 0.1) is 6.54 Å². The van der Waals surface area contributed by atoms with E-state index in [4.69, 9.17) is 11.8 Å². The first-order valence-corrected chi connectivity index (χ1v) is 11.7. The molecule has 4 nitrogen and oxygen atoms in total. The number of fused-ring (bicyclic) bond motifs is 1.